The van der Waals surface area contributed by atoms with E-state index >= 15 is 0 Å². The fourth-order valence-corrected chi connectivity index (χ4v) is 1.32. The molecule has 6 heteroatoms. The zero-order chi connectivity index (χ0) is 12.3. The van der Waals surface area contributed by atoms with Crippen LogP contribution in [0.2, 0.25) is 5.02 Å². The molecule has 0 spiro atoms. The zero-order valence-electron chi connectivity index (χ0n) is 8.27. The summed E-state index contributed by atoms with van der Waals surface area (Å²) in [7, 11) is 0. The molecule has 0 bridgehead atoms. The highest BCUT2D eigenvalue weighted by Gasteiger charge is 2.31. The predicted molar refractivity (Wildman–Crippen MR) is 52.4 cm³/mol. The van der Waals surface area contributed by atoms with E-state index in [1.54, 1.807) is 6.92 Å². The second kappa shape index (κ2) is 4.74. The van der Waals surface area contributed by atoms with E-state index in [9.17, 15) is 18.0 Å². The van der Waals surface area contributed by atoms with E-state index in [1.807, 2.05) is 0 Å². The van der Waals surface area contributed by atoms with Gasteiger partial charge in [0.1, 0.15) is 0 Å². The van der Waals surface area contributed by atoms with Crippen molar-refractivity contribution in [1.29, 1.82) is 0 Å². The highest BCUT2D eigenvalue weighted by molar-refractivity contribution is 6.31. The fourth-order valence-electron chi connectivity index (χ4n) is 1.09. The summed E-state index contributed by atoms with van der Waals surface area (Å²) in [4.78, 5) is 11.2. The summed E-state index contributed by atoms with van der Waals surface area (Å²) >= 11 is 5.49. The molecule has 0 saturated heterocycles. The number of hydrogen-bond acceptors (Lipinski definition) is 2. The van der Waals surface area contributed by atoms with E-state index in [0.29, 0.717) is 6.07 Å². The molecule has 2 nitrogen and oxygen atoms in total. The fraction of sp³-hybridized carbons (Fsp3) is 0.300. The molecule has 0 aliphatic rings. The molecule has 1 aromatic rings. The Bertz CT molecular complexity index is 402. The molecule has 0 heterocycles. The first-order valence-electron chi connectivity index (χ1n) is 4.39. The van der Waals surface area contributed by atoms with Crippen molar-refractivity contribution in [2.24, 2.45) is 0 Å². The number of carbonyl (C=O) groups is 1. The average molecular weight is 253 g/mol. The van der Waals surface area contributed by atoms with Gasteiger partial charge in [-0.2, -0.15) is 13.2 Å². The summed E-state index contributed by atoms with van der Waals surface area (Å²) in [6.07, 6.45) is -4.54. The zero-order valence-corrected chi connectivity index (χ0v) is 9.02. The average Bonchev–Trinajstić information content (AvgIpc) is 2.16. The molecule has 0 unspecified atom stereocenters. The molecule has 0 aliphatic heterocycles. The molecule has 1 rings (SSSR count). The third kappa shape index (κ3) is 3.13. The van der Waals surface area contributed by atoms with Gasteiger partial charge in [0.15, 0.2) is 0 Å². The van der Waals surface area contributed by atoms with Gasteiger partial charge >= 0.3 is 12.1 Å². The lowest BCUT2D eigenvalue weighted by atomic mass is 10.1. The number of hydrogen-bond donors (Lipinski definition) is 0. The molecule has 1 aromatic carbocycles. The van der Waals surface area contributed by atoms with Crippen molar-refractivity contribution in [3.8, 4) is 0 Å². The number of alkyl halides is 3. The van der Waals surface area contributed by atoms with Gasteiger partial charge < -0.3 is 4.74 Å². The predicted octanol–water partition coefficient (Wildman–Crippen LogP) is 3.54. The van der Waals surface area contributed by atoms with Crippen LogP contribution in [0.4, 0.5) is 13.2 Å². The van der Waals surface area contributed by atoms with E-state index in [2.05, 4.69) is 4.74 Å². The molecule has 0 aliphatic carbocycles. The Morgan fingerprint density at radius 3 is 2.50 bits per heavy atom. The van der Waals surface area contributed by atoms with Crippen molar-refractivity contribution >= 4 is 17.6 Å². The maximum Gasteiger partial charge on any atom is 0.416 e. The van der Waals surface area contributed by atoms with Crippen LogP contribution in [0, 0.1) is 0 Å². The molecule has 0 saturated carbocycles. The van der Waals surface area contributed by atoms with E-state index in [4.69, 9.17) is 11.6 Å². The van der Waals surface area contributed by atoms with Crippen molar-refractivity contribution in [1.82, 2.24) is 0 Å². The largest absolute Gasteiger partial charge is 0.462 e. The number of ether oxygens (including phenoxy) is 1. The van der Waals surface area contributed by atoms with Gasteiger partial charge in [-0.1, -0.05) is 11.6 Å². The first-order chi connectivity index (χ1) is 7.34. The number of carbonyl (C=O) groups excluding carboxylic acids is 1. The van der Waals surface area contributed by atoms with Gasteiger partial charge in [-0.3, -0.25) is 0 Å². The Morgan fingerprint density at radius 1 is 1.38 bits per heavy atom. The Hall–Kier alpha value is -1.23. The smallest absolute Gasteiger partial charge is 0.416 e. The molecular weight excluding hydrogens is 245 g/mol. The number of halogens is 4. The van der Waals surface area contributed by atoms with Crippen molar-refractivity contribution in [2.45, 2.75) is 13.1 Å². The highest BCUT2D eigenvalue weighted by atomic mass is 35.5. The van der Waals surface area contributed by atoms with Crippen LogP contribution in [-0.2, 0) is 10.9 Å². The quantitative estimate of drug-likeness (QED) is 0.753. The molecule has 16 heavy (non-hydrogen) atoms. The summed E-state index contributed by atoms with van der Waals surface area (Å²) in [6.45, 7) is 1.65. The van der Waals surface area contributed by atoms with Crippen molar-refractivity contribution in [2.75, 3.05) is 6.61 Å². The molecular formula is C10H8ClF3O2. The van der Waals surface area contributed by atoms with Gasteiger partial charge in [0.05, 0.1) is 17.7 Å². The Kier molecular flexibility index (Phi) is 3.80. The topological polar surface area (TPSA) is 26.3 Å². The van der Waals surface area contributed by atoms with Gasteiger partial charge in [0.25, 0.3) is 0 Å². The van der Waals surface area contributed by atoms with Crippen LogP contribution in [0.1, 0.15) is 22.8 Å². The number of esters is 1. The monoisotopic (exact) mass is 252 g/mol. The van der Waals surface area contributed by atoms with Crippen LogP contribution in [0.5, 0.6) is 0 Å². The van der Waals surface area contributed by atoms with Crippen LogP contribution in [-0.4, -0.2) is 12.6 Å². The third-order valence-corrected chi connectivity index (χ3v) is 1.95. The van der Waals surface area contributed by atoms with Gasteiger partial charge in [-0.05, 0) is 25.1 Å². The number of benzene rings is 1. The number of rotatable bonds is 2. The SMILES string of the molecule is CCOC(=O)c1cc(Cl)cc(C(F)(F)F)c1. The molecule has 0 radical (unpaired) electrons. The minimum absolute atomic E-state index is 0.0900. The van der Waals surface area contributed by atoms with E-state index in [-0.39, 0.29) is 17.2 Å². The Balaban J connectivity index is 3.13. The second-order valence-electron chi connectivity index (χ2n) is 2.95. The summed E-state index contributed by atoms with van der Waals surface area (Å²) in [5.74, 6) is -0.824. The Morgan fingerprint density at radius 2 is 2.00 bits per heavy atom. The normalized spacial score (nSPS) is 11.3. The van der Waals surface area contributed by atoms with Crippen molar-refractivity contribution in [3.05, 3.63) is 34.3 Å². The summed E-state index contributed by atoms with van der Waals surface area (Å²) in [5.41, 5.74) is -1.18. The lowest BCUT2D eigenvalue weighted by molar-refractivity contribution is -0.137. The summed E-state index contributed by atoms with van der Waals surface area (Å²) < 4.78 is 41.7. The highest BCUT2D eigenvalue weighted by Crippen LogP contribution is 2.32. The van der Waals surface area contributed by atoms with Gasteiger partial charge in [0.2, 0.25) is 0 Å². The van der Waals surface area contributed by atoms with Gasteiger partial charge in [0, 0.05) is 5.02 Å². The lowest BCUT2D eigenvalue weighted by Crippen LogP contribution is -2.09. The van der Waals surface area contributed by atoms with E-state index in [0.717, 1.165) is 12.1 Å². The third-order valence-electron chi connectivity index (χ3n) is 1.74. The second-order valence-corrected chi connectivity index (χ2v) is 3.38. The minimum Gasteiger partial charge on any atom is -0.462 e. The molecule has 0 N–H and O–H groups in total. The lowest BCUT2D eigenvalue weighted by Gasteiger charge is -2.09. The first kappa shape index (κ1) is 12.8. The van der Waals surface area contributed by atoms with E-state index < -0.39 is 17.7 Å². The standard InChI is InChI=1S/C10H8ClF3O2/c1-2-16-9(15)6-3-7(10(12,13)14)5-8(11)4-6/h3-5H,2H2,1H3. The summed E-state index contributed by atoms with van der Waals surface area (Å²) in [5, 5.41) is -0.155. The molecule has 0 amide bonds. The van der Waals surface area contributed by atoms with E-state index in [1.165, 1.54) is 0 Å². The summed E-state index contributed by atoms with van der Waals surface area (Å²) in [6, 6.07) is 2.60. The molecule has 0 fully saturated rings. The van der Waals surface area contributed by atoms with Crippen molar-refractivity contribution < 1.29 is 22.7 Å². The van der Waals surface area contributed by atoms with Gasteiger partial charge in [-0.25, -0.2) is 4.79 Å². The first-order valence-corrected chi connectivity index (χ1v) is 4.77. The van der Waals surface area contributed by atoms with Crippen LogP contribution in [0.15, 0.2) is 18.2 Å². The van der Waals surface area contributed by atoms with Gasteiger partial charge in [-0.15, -0.1) is 0 Å². The maximum absolute atomic E-state index is 12.4. The maximum atomic E-state index is 12.4. The van der Waals surface area contributed by atoms with Crippen LogP contribution < -0.4 is 0 Å². The Labute approximate surface area is 95.0 Å². The minimum atomic E-state index is -4.54. The molecule has 0 aromatic heterocycles. The molecule has 0 atom stereocenters. The van der Waals surface area contributed by atoms with Crippen LogP contribution >= 0.6 is 11.6 Å². The van der Waals surface area contributed by atoms with Crippen molar-refractivity contribution in [3.63, 3.8) is 0 Å². The van der Waals surface area contributed by atoms with Crippen LogP contribution in [0.3, 0.4) is 0 Å². The molecule has 88 valence electrons. The van der Waals surface area contributed by atoms with Crippen LogP contribution in [0.25, 0.3) is 0 Å².